The van der Waals surface area contributed by atoms with Gasteiger partial charge in [-0.2, -0.15) is 0 Å². The number of rotatable bonds is 4. The number of piperidine rings is 1. The number of halogens is 2. The van der Waals surface area contributed by atoms with Gasteiger partial charge in [-0.05, 0) is 42.5 Å². The van der Waals surface area contributed by atoms with E-state index in [9.17, 15) is 9.59 Å². The summed E-state index contributed by atoms with van der Waals surface area (Å²) < 4.78 is 0. The molecule has 112 valence electrons. The maximum Gasteiger partial charge on any atom is 0.246 e. The van der Waals surface area contributed by atoms with Crippen LogP contribution in [0.4, 0.5) is 0 Å². The molecule has 0 radical (unpaired) electrons. The predicted molar refractivity (Wildman–Crippen MR) is 85.5 cm³/mol. The van der Waals surface area contributed by atoms with Crippen LogP contribution in [0.2, 0.25) is 10.0 Å². The van der Waals surface area contributed by atoms with Crippen molar-refractivity contribution < 1.29 is 9.59 Å². The van der Waals surface area contributed by atoms with Gasteiger partial charge >= 0.3 is 0 Å². The summed E-state index contributed by atoms with van der Waals surface area (Å²) in [5.41, 5.74) is 0.841. The van der Waals surface area contributed by atoms with Crippen molar-refractivity contribution in [2.24, 2.45) is 5.92 Å². The molecule has 1 aliphatic rings. The minimum Gasteiger partial charge on any atom is -0.339 e. The summed E-state index contributed by atoms with van der Waals surface area (Å²) >= 11 is 11.8. The molecule has 1 saturated heterocycles. The molecule has 0 aromatic heterocycles. The molecule has 0 spiro atoms. The summed E-state index contributed by atoms with van der Waals surface area (Å²) in [6, 6.07) is 5.25. The number of aldehydes is 1. The highest BCUT2D eigenvalue weighted by molar-refractivity contribution is 6.42. The zero-order valence-corrected chi connectivity index (χ0v) is 13.1. The maximum absolute atomic E-state index is 12.1. The van der Waals surface area contributed by atoms with Gasteiger partial charge in [0.15, 0.2) is 0 Å². The van der Waals surface area contributed by atoms with Gasteiger partial charge in [0.05, 0.1) is 10.0 Å². The fourth-order valence-corrected chi connectivity index (χ4v) is 2.72. The van der Waals surface area contributed by atoms with Gasteiger partial charge in [0.2, 0.25) is 5.91 Å². The molecule has 1 aliphatic heterocycles. The molecule has 0 unspecified atom stereocenters. The Kier molecular flexibility index (Phi) is 5.83. The highest BCUT2D eigenvalue weighted by atomic mass is 35.5. The normalized spacial score (nSPS) is 16.4. The van der Waals surface area contributed by atoms with Crippen LogP contribution in [0.3, 0.4) is 0 Å². The minimum absolute atomic E-state index is 0.00868. The number of hydrogen-bond acceptors (Lipinski definition) is 2. The fraction of sp³-hybridized carbons (Fsp3) is 0.375. The monoisotopic (exact) mass is 325 g/mol. The number of carbonyl (C=O) groups is 2. The second-order valence-electron chi connectivity index (χ2n) is 5.18. The van der Waals surface area contributed by atoms with Gasteiger partial charge in [0.1, 0.15) is 6.29 Å². The molecular weight excluding hydrogens is 309 g/mol. The zero-order chi connectivity index (χ0) is 15.2. The largest absolute Gasteiger partial charge is 0.339 e. The van der Waals surface area contributed by atoms with Gasteiger partial charge < -0.3 is 9.69 Å². The van der Waals surface area contributed by atoms with Crippen molar-refractivity contribution >= 4 is 41.5 Å². The molecule has 3 nitrogen and oxygen atoms in total. The van der Waals surface area contributed by atoms with Crippen LogP contribution in [0.1, 0.15) is 24.8 Å². The van der Waals surface area contributed by atoms with E-state index in [1.807, 2.05) is 11.0 Å². The molecule has 5 heteroatoms. The highest BCUT2D eigenvalue weighted by Crippen LogP contribution is 2.23. The molecule has 2 rings (SSSR count). The predicted octanol–water partition coefficient (Wildman–Crippen LogP) is 3.83. The van der Waals surface area contributed by atoms with E-state index in [1.54, 1.807) is 24.3 Å². The first kappa shape index (κ1) is 16.1. The topological polar surface area (TPSA) is 37.4 Å². The van der Waals surface area contributed by atoms with Crippen LogP contribution >= 0.6 is 23.2 Å². The molecule has 0 aliphatic carbocycles. The Labute approximate surface area is 134 Å². The van der Waals surface area contributed by atoms with Gasteiger partial charge in [-0.15, -0.1) is 0 Å². The lowest BCUT2D eigenvalue weighted by molar-refractivity contribution is -0.127. The van der Waals surface area contributed by atoms with Gasteiger partial charge in [-0.3, -0.25) is 4.79 Å². The van der Waals surface area contributed by atoms with Crippen molar-refractivity contribution in [1.29, 1.82) is 0 Å². The average molecular weight is 326 g/mol. The smallest absolute Gasteiger partial charge is 0.246 e. The molecular formula is C16H17Cl2NO2. The Balaban J connectivity index is 1.91. The fourth-order valence-electron chi connectivity index (χ4n) is 2.41. The molecule has 1 heterocycles. The Morgan fingerprint density at radius 1 is 1.24 bits per heavy atom. The summed E-state index contributed by atoms with van der Waals surface area (Å²) in [6.07, 6.45) is 6.64. The average Bonchev–Trinajstić information content (AvgIpc) is 2.49. The molecule has 0 atom stereocenters. The molecule has 0 N–H and O–H groups in total. The Morgan fingerprint density at radius 2 is 1.95 bits per heavy atom. The van der Waals surface area contributed by atoms with Gasteiger partial charge in [0.25, 0.3) is 0 Å². The molecule has 1 aromatic carbocycles. The van der Waals surface area contributed by atoms with Crippen LogP contribution in [0.25, 0.3) is 6.08 Å². The summed E-state index contributed by atoms with van der Waals surface area (Å²) in [5, 5.41) is 0.971. The first-order valence-corrected chi connectivity index (χ1v) is 7.71. The third-order valence-electron chi connectivity index (χ3n) is 3.72. The van der Waals surface area contributed by atoms with Gasteiger partial charge in [-0.1, -0.05) is 29.3 Å². The third kappa shape index (κ3) is 4.58. The molecule has 21 heavy (non-hydrogen) atoms. The van der Waals surface area contributed by atoms with Crippen LogP contribution in [0.5, 0.6) is 0 Å². The number of benzene rings is 1. The van der Waals surface area contributed by atoms with E-state index in [1.165, 1.54) is 0 Å². The lowest BCUT2D eigenvalue weighted by atomic mass is 9.94. The SMILES string of the molecule is O=CCC1CCN(C(=O)C=Cc2ccc(Cl)c(Cl)c2)CC1. The third-order valence-corrected chi connectivity index (χ3v) is 4.46. The minimum atomic E-state index is -0.00868. The molecule has 1 fully saturated rings. The summed E-state index contributed by atoms with van der Waals surface area (Å²) in [5.74, 6) is 0.413. The zero-order valence-electron chi connectivity index (χ0n) is 11.6. The second-order valence-corrected chi connectivity index (χ2v) is 5.99. The van der Waals surface area contributed by atoms with E-state index in [4.69, 9.17) is 23.2 Å². The van der Waals surface area contributed by atoms with E-state index >= 15 is 0 Å². The van der Waals surface area contributed by atoms with Crippen molar-refractivity contribution in [3.8, 4) is 0 Å². The summed E-state index contributed by atoms with van der Waals surface area (Å²) in [6.45, 7) is 1.42. The Bertz CT molecular complexity index is 549. The van der Waals surface area contributed by atoms with Crippen LogP contribution in [0.15, 0.2) is 24.3 Å². The van der Waals surface area contributed by atoms with Crippen LogP contribution in [0, 0.1) is 5.92 Å². The Morgan fingerprint density at radius 3 is 2.57 bits per heavy atom. The number of amides is 1. The maximum atomic E-state index is 12.1. The molecule has 1 amide bonds. The van der Waals surface area contributed by atoms with E-state index in [2.05, 4.69) is 0 Å². The van der Waals surface area contributed by atoms with Crippen molar-refractivity contribution in [2.45, 2.75) is 19.3 Å². The van der Waals surface area contributed by atoms with Crippen molar-refractivity contribution in [2.75, 3.05) is 13.1 Å². The van der Waals surface area contributed by atoms with Crippen LogP contribution in [-0.2, 0) is 9.59 Å². The van der Waals surface area contributed by atoms with Gasteiger partial charge in [0, 0.05) is 25.6 Å². The highest BCUT2D eigenvalue weighted by Gasteiger charge is 2.20. The first-order valence-electron chi connectivity index (χ1n) is 6.96. The molecule has 0 saturated carbocycles. The summed E-state index contributed by atoms with van der Waals surface area (Å²) in [7, 11) is 0. The van der Waals surface area contributed by atoms with E-state index in [0.717, 1.165) is 24.7 Å². The molecule has 0 bridgehead atoms. The number of carbonyl (C=O) groups excluding carboxylic acids is 2. The van der Waals surface area contributed by atoms with Crippen molar-refractivity contribution in [1.82, 2.24) is 4.90 Å². The number of likely N-dealkylation sites (tertiary alicyclic amines) is 1. The summed E-state index contributed by atoms with van der Waals surface area (Å²) in [4.78, 5) is 24.4. The van der Waals surface area contributed by atoms with Gasteiger partial charge in [-0.25, -0.2) is 0 Å². The Hall–Kier alpha value is -1.32. The van der Waals surface area contributed by atoms with E-state index in [0.29, 0.717) is 35.5 Å². The number of hydrogen-bond donors (Lipinski definition) is 0. The lowest BCUT2D eigenvalue weighted by Gasteiger charge is -2.30. The standard InChI is InChI=1S/C16H17Cl2NO2/c17-14-3-1-13(11-15(14)18)2-4-16(21)19-8-5-12(6-9-19)7-10-20/h1-4,10-12H,5-9H2. The van der Waals surface area contributed by atoms with Crippen molar-refractivity contribution in [3.05, 3.63) is 39.9 Å². The second kappa shape index (κ2) is 7.62. The van der Waals surface area contributed by atoms with Crippen LogP contribution in [-0.4, -0.2) is 30.2 Å². The lowest BCUT2D eigenvalue weighted by Crippen LogP contribution is -2.37. The van der Waals surface area contributed by atoms with Crippen molar-refractivity contribution in [3.63, 3.8) is 0 Å². The number of nitrogens with zero attached hydrogens (tertiary/aromatic N) is 1. The quantitative estimate of drug-likeness (QED) is 0.623. The molecule has 1 aromatic rings. The first-order chi connectivity index (χ1) is 10.1. The van der Waals surface area contributed by atoms with Crippen LogP contribution < -0.4 is 0 Å². The van der Waals surface area contributed by atoms with E-state index < -0.39 is 0 Å². The van der Waals surface area contributed by atoms with E-state index in [-0.39, 0.29) is 5.91 Å².